The predicted octanol–water partition coefficient (Wildman–Crippen LogP) is 3.88. The number of halogens is 3. The Morgan fingerprint density at radius 1 is 1.20 bits per heavy atom. The van der Waals surface area contributed by atoms with Gasteiger partial charge in [-0.3, -0.25) is 0 Å². The Morgan fingerprint density at radius 2 is 1.92 bits per heavy atom. The molecule has 0 radical (unpaired) electrons. The number of aromatic nitrogens is 4. The van der Waals surface area contributed by atoms with Crippen molar-refractivity contribution in [1.82, 2.24) is 19.6 Å². The second kappa shape index (κ2) is 6.70. The van der Waals surface area contributed by atoms with Gasteiger partial charge in [0, 0.05) is 12.1 Å². The SMILES string of the molecule is CCC(Cc1ccc(C)cc1)Nc1cc(C(F)(F)F)nc2ncnn12. The highest BCUT2D eigenvalue weighted by molar-refractivity contribution is 5.46. The molecule has 8 heteroatoms. The summed E-state index contributed by atoms with van der Waals surface area (Å²) < 4.78 is 40.5. The smallest absolute Gasteiger partial charge is 0.367 e. The van der Waals surface area contributed by atoms with Gasteiger partial charge in [0.15, 0.2) is 5.69 Å². The lowest BCUT2D eigenvalue weighted by molar-refractivity contribution is -0.141. The molecule has 0 aliphatic rings. The Kier molecular flexibility index (Phi) is 4.61. The standard InChI is InChI=1S/C17H18F3N5/c1-3-13(8-12-6-4-11(2)5-7-12)23-15-9-14(17(18,19)20)24-16-21-10-22-25(15)16/h4-7,9-10,13,23H,3,8H2,1-2H3. The van der Waals surface area contributed by atoms with Crippen molar-refractivity contribution >= 4 is 11.6 Å². The van der Waals surface area contributed by atoms with E-state index in [9.17, 15) is 13.2 Å². The topological polar surface area (TPSA) is 55.1 Å². The predicted molar refractivity (Wildman–Crippen MR) is 88.4 cm³/mol. The number of nitrogens with zero attached hydrogens (tertiary/aromatic N) is 4. The van der Waals surface area contributed by atoms with Gasteiger partial charge < -0.3 is 5.32 Å². The molecule has 1 unspecified atom stereocenters. The third kappa shape index (κ3) is 3.89. The molecular weight excluding hydrogens is 331 g/mol. The van der Waals surface area contributed by atoms with Gasteiger partial charge in [-0.15, -0.1) is 0 Å². The molecule has 0 spiro atoms. The first-order valence-corrected chi connectivity index (χ1v) is 7.97. The molecule has 2 aromatic heterocycles. The maximum absolute atomic E-state index is 13.1. The first kappa shape index (κ1) is 17.2. The van der Waals surface area contributed by atoms with Gasteiger partial charge in [-0.2, -0.15) is 27.8 Å². The number of benzene rings is 1. The van der Waals surface area contributed by atoms with Crippen molar-refractivity contribution in [3.8, 4) is 0 Å². The van der Waals surface area contributed by atoms with Crippen molar-refractivity contribution < 1.29 is 13.2 Å². The van der Waals surface area contributed by atoms with Crippen molar-refractivity contribution in [2.75, 3.05) is 5.32 Å². The summed E-state index contributed by atoms with van der Waals surface area (Å²) in [5, 5.41) is 7.11. The molecule has 3 aromatic rings. The van der Waals surface area contributed by atoms with Gasteiger partial charge in [0.05, 0.1) is 0 Å². The summed E-state index contributed by atoms with van der Waals surface area (Å²) in [4.78, 5) is 7.30. The highest BCUT2D eigenvalue weighted by Crippen LogP contribution is 2.29. The van der Waals surface area contributed by atoms with Crippen LogP contribution in [0.2, 0.25) is 0 Å². The highest BCUT2D eigenvalue weighted by atomic mass is 19.4. The van der Waals surface area contributed by atoms with Gasteiger partial charge in [-0.05, 0) is 25.3 Å². The van der Waals surface area contributed by atoms with Crippen LogP contribution in [0.15, 0.2) is 36.7 Å². The number of fused-ring (bicyclic) bond motifs is 1. The van der Waals surface area contributed by atoms with E-state index in [1.165, 1.54) is 10.8 Å². The molecule has 132 valence electrons. The number of hydrogen-bond acceptors (Lipinski definition) is 4. The molecule has 0 bridgehead atoms. The van der Waals surface area contributed by atoms with E-state index in [2.05, 4.69) is 20.4 Å². The quantitative estimate of drug-likeness (QED) is 0.759. The van der Waals surface area contributed by atoms with Crippen LogP contribution in [0, 0.1) is 6.92 Å². The van der Waals surface area contributed by atoms with E-state index in [4.69, 9.17) is 0 Å². The summed E-state index contributed by atoms with van der Waals surface area (Å²) in [7, 11) is 0. The monoisotopic (exact) mass is 349 g/mol. The van der Waals surface area contributed by atoms with E-state index < -0.39 is 11.9 Å². The Hall–Kier alpha value is -2.64. The van der Waals surface area contributed by atoms with E-state index >= 15 is 0 Å². The van der Waals surface area contributed by atoms with Gasteiger partial charge in [0.2, 0.25) is 0 Å². The van der Waals surface area contributed by atoms with Crippen molar-refractivity contribution in [2.24, 2.45) is 0 Å². The number of aryl methyl sites for hydroxylation is 1. The van der Waals surface area contributed by atoms with Gasteiger partial charge in [0.25, 0.3) is 5.78 Å². The molecule has 0 amide bonds. The zero-order valence-electron chi connectivity index (χ0n) is 13.9. The number of alkyl halides is 3. The Labute approximate surface area is 142 Å². The summed E-state index contributed by atoms with van der Waals surface area (Å²) in [5.41, 5.74) is 1.30. The van der Waals surface area contributed by atoms with Crippen LogP contribution in [-0.4, -0.2) is 25.6 Å². The number of nitrogens with one attached hydrogen (secondary N) is 1. The summed E-state index contributed by atoms with van der Waals surface area (Å²) in [6.07, 6.45) is -1.91. The minimum absolute atomic E-state index is 0.0430. The molecule has 25 heavy (non-hydrogen) atoms. The first-order chi connectivity index (χ1) is 11.9. The lowest BCUT2D eigenvalue weighted by atomic mass is 10.0. The first-order valence-electron chi connectivity index (χ1n) is 7.97. The van der Waals surface area contributed by atoms with Crippen molar-refractivity contribution in [3.05, 3.63) is 53.5 Å². The average Bonchev–Trinajstić information content (AvgIpc) is 3.04. The van der Waals surface area contributed by atoms with Gasteiger partial charge in [-0.25, -0.2) is 4.98 Å². The maximum atomic E-state index is 13.1. The molecule has 1 N–H and O–H groups in total. The number of rotatable bonds is 5. The molecule has 0 saturated heterocycles. The lowest BCUT2D eigenvalue weighted by Gasteiger charge is -2.19. The van der Waals surface area contributed by atoms with Crippen molar-refractivity contribution in [1.29, 1.82) is 0 Å². The van der Waals surface area contributed by atoms with Crippen LogP contribution in [0.4, 0.5) is 19.0 Å². The molecule has 1 aromatic carbocycles. The van der Waals surface area contributed by atoms with Crippen molar-refractivity contribution in [2.45, 2.75) is 38.9 Å². The fourth-order valence-electron chi connectivity index (χ4n) is 2.58. The normalized spacial score (nSPS) is 13.2. The van der Waals surface area contributed by atoms with Crippen LogP contribution >= 0.6 is 0 Å². The zero-order valence-corrected chi connectivity index (χ0v) is 13.9. The van der Waals surface area contributed by atoms with Crippen LogP contribution in [0.25, 0.3) is 5.78 Å². The van der Waals surface area contributed by atoms with Crippen molar-refractivity contribution in [3.63, 3.8) is 0 Å². The van der Waals surface area contributed by atoms with E-state index in [0.29, 0.717) is 6.42 Å². The molecule has 2 heterocycles. The summed E-state index contributed by atoms with van der Waals surface area (Å²) >= 11 is 0. The minimum atomic E-state index is -4.54. The van der Waals surface area contributed by atoms with Crippen LogP contribution in [-0.2, 0) is 12.6 Å². The Morgan fingerprint density at radius 3 is 2.56 bits per heavy atom. The fraction of sp³-hybridized carbons (Fsp3) is 0.353. The Balaban J connectivity index is 1.89. The largest absolute Gasteiger partial charge is 0.433 e. The second-order valence-electron chi connectivity index (χ2n) is 5.94. The highest BCUT2D eigenvalue weighted by Gasteiger charge is 2.34. The molecule has 1 atom stereocenters. The molecule has 5 nitrogen and oxygen atoms in total. The van der Waals surface area contributed by atoms with Crippen LogP contribution in [0.5, 0.6) is 0 Å². The molecule has 0 saturated carbocycles. The number of hydrogen-bond donors (Lipinski definition) is 1. The molecular formula is C17H18F3N5. The summed E-state index contributed by atoms with van der Waals surface area (Å²) in [6.45, 7) is 3.99. The van der Waals surface area contributed by atoms with Gasteiger partial charge in [0.1, 0.15) is 12.1 Å². The van der Waals surface area contributed by atoms with Gasteiger partial charge >= 0.3 is 6.18 Å². The molecule has 0 aliphatic heterocycles. The van der Waals surface area contributed by atoms with Crippen LogP contribution in [0.1, 0.15) is 30.2 Å². The Bertz CT molecular complexity index is 855. The second-order valence-corrected chi connectivity index (χ2v) is 5.94. The molecule has 3 rings (SSSR count). The third-order valence-electron chi connectivity index (χ3n) is 3.99. The van der Waals surface area contributed by atoms with E-state index in [1.807, 2.05) is 38.1 Å². The summed E-state index contributed by atoms with van der Waals surface area (Å²) in [6, 6.07) is 9.02. The minimum Gasteiger partial charge on any atom is -0.367 e. The van der Waals surface area contributed by atoms with Crippen LogP contribution < -0.4 is 5.32 Å². The van der Waals surface area contributed by atoms with E-state index in [0.717, 1.165) is 23.6 Å². The summed E-state index contributed by atoms with van der Waals surface area (Å²) in [5.74, 6) is 0.149. The van der Waals surface area contributed by atoms with Crippen LogP contribution in [0.3, 0.4) is 0 Å². The molecule has 0 aliphatic carbocycles. The van der Waals surface area contributed by atoms with E-state index in [-0.39, 0.29) is 17.6 Å². The third-order valence-corrected chi connectivity index (χ3v) is 3.99. The average molecular weight is 349 g/mol. The van der Waals surface area contributed by atoms with E-state index in [1.54, 1.807) is 0 Å². The molecule has 0 fully saturated rings. The fourth-order valence-corrected chi connectivity index (χ4v) is 2.58. The van der Waals surface area contributed by atoms with Gasteiger partial charge in [-0.1, -0.05) is 36.8 Å². The number of anilines is 1. The zero-order chi connectivity index (χ0) is 18.0. The lowest BCUT2D eigenvalue weighted by Crippen LogP contribution is -2.24. The maximum Gasteiger partial charge on any atom is 0.433 e.